The second-order valence-electron chi connectivity index (χ2n) is 3.72. The first-order valence-corrected chi connectivity index (χ1v) is 5.52. The Morgan fingerprint density at radius 2 is 2.19 bits per heavy atom. The molecule has 2 aromatic rings. The number of pyridine rings is 1. The fraction of sp³-hybridized carbons (Fsp3) is 0.455. The second-order valence-corrected chi connectivity index (χ2v) is 3.72. The standard InChI is InChI=1S/C11H17N5/c1-4-13-7(2)10-14-8-5-6-9(12-3)15-11(8)16-10/h5-7,13H,4H2,1-3H3,(H2,12,14,15,16). The molecular formula is C11H17N5. The van der Waals surface area contributed by atoms with Crippen LogP contribution in [0, 0.1) is 0 Å². The van der Waals surface area contributed by atoms with E-state index in [0.29, 0.717) is 0 Å². The van der Waals surface area contributed by atoms with E-state index in [2.05, 4.69) is 39.4 Å². The topological polar surface area (TPSA) is 65.6 Å². The number of aromatic nitrogens is 3. The van der Waals surface area contributed by atoms with Crippen molar-refractivity contribution in [3.63, 3.8) is 0 Å². The summed E-state index contributed by atoms with van der Waals surface area (Å²) in [5.41, 5.74) is 1.73. The minimum absolute atomic E-state index is 0.220. The van der Waals surface area contributed by atoms with Crippen LogP contribution in [0.1, 0.15) is 25.7 Å². The quantitative estimate of drug-likeness (QED) is 0.732. The van der Waals surface area contributed by atoms with Gasteiger partial charge in [0.15, 0.2) is 5.65 Å². The highest BCUT2D eigenvalue weighted by atomic mass is 15.1. The first-order chi connectivity index (χ1) is 7.74. The lowest BCUT2D eigenvalue weighted by Crippen LogP contribution is -2.18. The minimum atomic E-state index is 0.220. The van der Waals surface area contributed by atoms with Gasteiger partial charge in [-0.25, -0.2) is 9.97 Å². The van der Waals surface area contributed by atoms with Gasteiger partial charge < -0.3 is 15.6 Å². The van der Waals surface area contributed by atoms with Gasteiger partial charge in [0.1, 0.15) is 11.6 Å². The molecule has 3 N–H and O–H groups in total. The first kappa shape index (κ1) is 10.9. The van der Waals surface area contributed by atoms with E-state index in [0.717, 1.165) is 29.4 Å². The molecule has 5 nitrogen and oxygen atoms in total. The molecule has 0 saturated carbocycles. The number of aromatic amines is 1. The van der Waals surface area contributed by atoms with Crippen molar-refractivity contribution in [2.24, 2.45) is 0 Å². The molecule has 2 aromatic heterocycles. The van der Waals surface area contributed by atoms with Crippen molar-refractivity contribution >= 4 is 17.0 Å². The van der Waals surface area contributed by atoms with Crippen LogP contribution in [0.25, 0.3) is 11.2 Å². The normalized spacial score (nSPS) is 12.9. The first-order valence-electron chi connectivity index (χ1n) is 5.52. The van der Waals surface area contributed by atoms with Crippen LogP contribution in [0.4, 0.5) is 5.82 Å². The Labute approximate surface area is 94.7 Å². The molecule has 0 saturated heterocycles. The smallest absolute Gasteiger partial charge is 0.179 e. The van der Waals surface area contributed by atoms with E-state index in [4.69, 9.17) is 0 Å². The highest BCUT2D eigenvalue weighted by Gasteiger charge is 2.10. The van der Waals surface area contributed by atoms with Crippen molar-refractivity contribution < 1.29 is 0 Å². The summed E-state index contributed by atoms with van der Waals surface area (Å²) in [6, 6.07) is 4.14. The second kappa shape index (κ2) is 4.49. The van der Waals surface area contributed by atoms with Crippen LogP contribution in [0.15, 0.2) is 12.1 Å². The molecule has 0 radical (unpaired) electrons. The number of nitrogens with zero attached hydrogens (tertiary/aromatic N) is 2. The van der Waals surface area contributed by atoms with Gasteiger partial charge in [-0.3, -0.25) is 0 Å². The maximum atomic E-state index is 4.47. The number of fused-ring (bicyclic) bond motifs is 1. The third-order valence-corrected chi connectivity index (χ3v) is 2.54. The Kier molecular flexibility index (Phi) is 3.05. The monoisotopic (exact) mass is 219 g/mol. The molecule has 1 unspecified atom stereocenters. The minimum Gasteiger partial charge on any atom is -0.373 e. The van der Waals surface area contributed by atoms with Crippen LogP contribution >= 0.6 is 0 Å². The molecule has 0 aliphatic rings. The molecule has 0 bridgehead atoms. The number of rotatable bonds is 4. The summed E-state index contributed by atoms with van der Waals surface area (Å²) < 4.78 is 0. The summed E-state index contributed by atoms with van der Waals surface area (Å²) in [5, 5.41) is 6.32. The van der Waals surface area contributed by atoms with Crippen LogP contribution < -0.4 is 10.6 Å². The number of H-pyrrole nitrogens is 1. The van der Waals surface area contributed by atoms with Crippen LogP contribution in [0.2, 0.25) is 0 Å². The molecular weight excluding hydrogens is 202 g/mol. The van der Waals surface area contributed by atoms with Gasteiger partial charge in [0.2, 0.25) is 0 Å². The molecule has 86 valence electrons. The Hall–Kier alpha value is -1.62. The summed E-state index contributed by atoms with van der Waals surface area (Å²) in [6.07, 6.45) is 0. The van der Waals surface area contributed by atoms with E-state index in [1.54, 1.807) is 0 Å². The molecule has 16 heavy (non-hydrogen) atoms. The van der Waals surface area contributed by atoms with Gasteiger partial charge in [0.25, 0.3) is 0 Å². The average molecular weight is 219 g/mol. The van der Waals surface area contributed by atoms with Crippen LogP contribution in [0.5, 0.6) is 0 Å². The third-order valence-electron chi connectivity index (χ3n) is 2.54. The zero-order valence-corrected chi connectivity index (χ0v) is 9.83. The predicted octanol–water partition coefficient (Wildman–Crippen LogP) is 1.67. The molecule has 1 atom stereocenters. The molecule has 2 heterocycles. The SMILES string of the molecule is CCNC(C)c1nc2nc(NC)ccc2[nH]1. The van der Waals surface area contributed by atoms with Crippen molar-refractivity contribution in [3.05, 3.63) is 18.0 Å². The molecule has 0 spiro atoms. The molecule has 5 heteroatoms. The summed E-state index contributed by atoms with van der Waals surface area (Å²) in [7, 11) is 1.85. The predicted molar refractivity (Wildman–Crippen MR) is 65.5 cm³/mol. The highest BCUT2D eigenvalue weighted by Crippen LogP contribution is 2.16. The molecule has 0 aromatic carbocycles. The van der Waals surface area contributed by atoms with E-state index in [9.17, 15) is 0 Å². The van der Waals surface area contributed by atoms with Crippen LogP contribution in [-0.2, 0) is 0 Å². The number of anilines is 1. The number of nitrogens with one attached hydrogen (secondary N) is 3. The average Bonchev–Trinajstić information content (AvgIpc) is 2.71. The summed E-state index contributed by atoms with van der Waals surface area (Å²) in [6.45, 7) is 5.09. The number of imidazole rings is 1. The van der Waals surface area contributed by atoms with Crippen molar-refractivity contribution in [1.82, 2.24) is 20.3 Å². The lowest BCUT2D eigenvalue weighted by Gasteiger charge is -2.07. The maximum Gasteiger partial charge on any atom is 0.179 e. The van der Waals surface area contributed by atoms with E-state index in [1.165, 1.54) is 0 Å². The molecule has 0 aliphatic heterocycles. The molecule has 0 aliphatic carbocycles. The van der Waals surface area contributed by atoms with Crippen molar-refractivity contribution in [2.75, 3.05) is 18.9 Å². The van der Waals surface area contributed by atoms with Gasteiger partial charge >= 0.3 is 0 Å². The largest absolute Gasteiger partial charge is 0.373 e. The third kappa shape index (κ3) is 1.99. The van der Waals surface area contributed by atoms with E-state index >= 15 is 0 Å². The summed E-state index contributed by atoms with van der Waals surface area (Å²) in [5.74, 6) is 1.76. The summed E-state index contributed by atoms with van der Waals surface area (Å²) in [4.78, 5) is 12.1. The lowest BCUT2D eigenvalue weighted by atomic mass is 10.3. The Morgan fingerprint density at radius 3 is 2.88 bits per heavy atom. The van der Waals surface area contributed by atoms with Crippen molar-refractivity contribution in [2.45, 2.75) is 19.9 Å². The zero-order chi connectivity index (χ0) is 11.5. The van der Waals surface area contributed by atoms with Crippen molar-refractivity contribution in [3.8, 4) is 0 Å². The Balaban J connectivity index is 2.35. The van der Waals surface area contributed by atoms with Gasteiger partial charge in [-0.15, -0.1) is 0 Å². The highest BCUT2D eigenvalue weighted by molar-refractivity contribution is 5.72. The number of hydrogen-bond acceptors (Lipinski definition) is 4. The van der Waals surface area contributed by atoms with Gasteiger partial charge in [-0.1, -0.05) is 6.92 Å². The fourth-order valence-corrected chi connectivity index (χ4v) is 1.66. The van der Waals surface area contributed by atoms with Crippen LogP contribution in [0.3, 0.4) is 0 Å². The maximum absolute atomic E-state index is 4.47. The fourth-order valence-electron chi connectivity index (χ4n) is 1.66. The van der Waals surface area contributed by atoms with E-state index in [1.807, 2.05) is 19.2 Å². The molecule has 0 fully saturated rings. The molecule has 0 amide bonds. The Morgan fingerprint density at radius 1 is 1.38 bits per heavy atom. The molecule has 2 rings (SSSR count). The summed E-state index contributed by atoms with van der Waals surface area (Å²) >= 11 is 0. The van der Waals surface area contributed by atoms with Gasteiger partial charge in [-0.2, -0.15) is 0 Å². The van der Waals surface area contributed by atoms with Gasteiger partial charge in [0.05, 0.1) is 11.6 Å². The van der Waals surface area contributed by atoms with E-state index < -0.39 is 0 Å². The van der Waals surface area contributed by atoms with Crippen molar-refractivity contribution in [1.29, 1.82) is 0 Å². The number of hydrogen-bond donors (Lipinski definition) is 3. The van der Waals surface area contributed by atoms with Crippen LogP contribution in [-0.4, -0.2) is 28.5 Å². The van der Waals surface area contributed by atoms with Gasteiger partial charge in [-0.05, 0) is 25.6 Å². The van der Waals surface area contributed by atoms with E-state index in [-0.39, 0.29) is 6.04 Å². The lowest BCUT2D eigenvalue weighted by molar-refractivity contribution is 0.573. The Bertz CT molecular complexity index is 476. The zero-order valence-electron chi connectivity index (χ0n) is 9.83. The van der Waals surface area contributed by atoms with Gasteiger partial charge in [0, 0.05) is 7.05 Å².